The number of nitrogens with two attached hydrogens (primary N) is 1. The summed E-state index contributed by atoms with van der Waals surface area (Å²) in [7, 11) is 1.47. The Kier molecular flexibility index (Phi) is 6.64. The SMILES string of the molecule is CCN(CC)C(=O)COc1ccc([C@@H]2C(C#N)=C(N)Oc3c2c(=O)oc2ccccc32)cc1OC. The van der Waals surface area contributed by atoms with E-state index in [1.54, 1.807) is 47.4 Å². The lowest BCUT2D eigenvalue weighted by atomic mass is 9.83. The summed E-state index contributed by atoms with van der Waals surface area (Å²) in [5.41, 5.74) is 6.63. The third-order valence-corrected chi connectivity index (χ3v) is 5.96. The number of hydrogen-bond donors (Lipinski definition) is 1. The Bertz CT molecular complexity index is 1410. The smallest absolute Gasteiger partial charge is 0.344 e. The van der Waals surface area contributed by atoms with Crippen molar-refractivity contribution in [3.05, 3.63) is 75.5 Å². The van der Waals surface area contributed by atoms with Gasteiger partial charge in [-0.1, -0.05) is 18.2 Å². The molecule has 1 atom stereocenters. The number of amides is 1. The number of rotatable bonds is 7. The monoisotopic (exact) mass is 475 g/mol. The number of likely N-dealkylation sites (N-methyl/N-ethyl adjacent to an activating group) is 1. The zero-order valence-corrected chi connectivity index (χ0v) is 19.7. The van der Waals surface area contributed by atoms with E-state index >= 15 is 0 Å². The molecule has 0 fully saturated rings. The molecule has 2 heterocycles. The first-order valence-electron chi connectivity index (χ1n) is 11.1. The predicted octanol–water partition coefficient (Wildman–Crippen LogP) is 3.27. The summed E-state index contributed by atoms with van der Waals surface area (Å²) >= 11 is 0. The number of fused-ring (bicyclic) bond motifs is 3. The van der Waals surface area contributed by atoms with E-state index in [0.717, 1.165) is 0 Å². The molecule has 1 aliphatic heterocycles. The van der Waals surface area contributed by atoms with E-state index in [0.29, 0.717) is 41.1 Å². The van der Waals surface area contributed by atoms with Crippen LogP contribution in [0.2, 0.25) is 0 Å². The number of hydrogen-bond acceptors (Lipinski definition) is 8. The van der Waals surface area contributed by atoms with Crippen LogP contribution in [0.5, 0.6) is 17.2 Å². The molecule has 0 saturated carbocycles. The van der Waals surface area contributed by atoms with Gasteiger partial charge in [0.05, 0.1) is 24.0 Å². The highest BCUT2D eigenvalue weighted by Crippen LogP contribution is 2.45. The van der Waals surface area contributed by atoms with Gasteiger partial charge in [-0.2, -0.15) is 5.26 Å². The zero-order chi connectivity index (χ0) is 25.1. The number of nitrogens with zero attached hydrogens (tertiary/aromatic N) is 2. The fourth-order valence-corrected chi connectivity index (χ4v) is 4.19. The van der Waals surface area contributed by atoms with Crippen molar-refractivity contribution in [3.63, 3.8) is 0 Å². The maximum atomic E-state index is 13.0. The number of allylic oxidation sites excluding steroid dienone is 1. The lowest BCUT2D eigenvalue weighted by Gasteiger charge is -2.26. The van der Waals surface area contributed by atoms with Gasteiger partial charge in [-0.3, -0.25) is 4.79 Å². The fraction of sp³-hybridized carbons (Fsp3) is 0.269. The first kappa shape index (κ1) is 23.7. The minimum atomic E-state index is -0.843. The van der Waals surface area contributed by atoms with Gasteiger partial charge in [0.15, 0.2) is 23.9 Å². The summed E-state index contributed by atoms with van der Waals surface area (Å²) < 4.78 is 22.5. The molecular weight excluding hydrogens is 450 g/mol. The van der Waals surface area contributed by atoms with E-state index in [1.807, 2.05) is 13.8 Å². The van der Waals surface area contributed by atoms with Crippen LogP contribution >= 0.6 is 0 Å². The summed E-state index contributed by atoms with van der Waals surface area (Å²) in [6.07, 6.45) is 0. The third-order valence-electron chi connectivity index (χ3n) is 5.96. The molecule has 9 heteroatoms. The Morgan fingerprint density at radius 2 is 1.91 bits per heavy atom. The summed E-state index contributed by atoms with van der Waals surface area (Å²) in [4.78, 5) is 27.0. The Hall–Kier alpha value is -4.45. The number of para-hydroxylation sites is 1. The van der Waals surface area contributed by atoms with Crippen molar-refractivity contribution < 1.29 is 23.4 Å². The van der Waals surface area contributed by atoms with Crippen molar-refractivity contribution in [1.29, 1.82) is 5.26 Å². The first-order valence-corrected chi connectivity index (χ1v) is 11.1. The quantitative estimate of drug-likeness (QED) is 0.516. The predicted molar refractivity (Wildman–Crippen MR) is 128 cm³/mol. The van der Waals surface area contributed by atoms with E-state index in [1.165, 1.54) is 7.11 Å². The second kappa shape index (κ2) is 9.81. The van der Waals surface area contributed by atoms with Gasteiger partial charge in [0.1, 0.15) is 17.2 Å². The largest absolute Gasteiger partial charge is 0.493 e. The Morgan fingerprint density at radius 1 is 1.17 bits per heavy atom. The normalized spacial score (nSPS) is 14.6. The van der Waals surface area contributed by atoms with Gasteiger partial charge in [-0.15, -0.1) is 0 Å². The third kappa shape index (κ3) is 4.26. The molecule has 2 aromatic carbocycles. The Morgan fingerprint density at radius 3 is 2.60 bits per heavy atom. The van der Waals surface area contributed by atoms with Gasteiger partial charge in [0.2, 0.25) is 5.88 Å². The molecular formula is C26H25N3O6. The fourth-order valence-electron chi connectivity index (χ4n) is 4.19. The minimum absolute atomic E-state index is 0.0764. The van der Waals surface area contributed by atoms with Crippen LogP contribution in [0.25, 0.3) is 11.0 Å². The molecule has 180 valence electrons. The molecule has 3 aromatic rings. The van der Waals surface area contributed by atoms with Crippen molar-refractivity contribution >= 4 is 16.9 Å². The van der Waals surface area contributed by atoms with E-state index in [-0.39, 0.29) is 35.3 Å². The molecule has 1 aliphatic rings. The number of nitriles is 1. The van der Waals surface area contributed by atoms with Crippen molar-refractivity contribution in [1.82, 2.24) is 4.90 Å². The summed E-state index contributed by atoms with van der Waals surface area (Å²) in [6, 6.07) is 14.0. The topological polar surface area (TPSA) is 128 Å². The van der Waals surface area contributed by atoms with Crippen LogP contribution in [0.1, 0.15) is 30.9 Å². The van der Waals surface area contributed by atoms with E-state index in [9.17, 15) is 14.9 Å². The molecule has 0 bridgehead atoms. The molecule has 0 unspecified atom stereocenters. The molecule has 0 radical (unpaired) electrons. The number of ether oxygens (including phenoxy) is 3. The molecule has 1 aromatic heterocycles. The van der Waals surface area contributed by atoms with Gasteiger partial charge in [-0.05, 0) is 43.7 Å². The van der Waals surface area contributed by atoms with Gasteiger partial charge in [-0.25, -0.2) is 4.79 Å². The number of carbonyl (C=O) groups excluding carboxylic acids is 1. The standard InChI is InChI=1S/C26H25N3O6/c1-4-29(5-2)21(30)14-33-19-11-10-15(12-20(19)32-3)22-17(13-27)25(28)35-24-16-8-6-7-9-18(16)34-26(31)23(22)24/h6-12,22H,4-5,14,28H2,1-3H3/t22-/m1/s1. The number of methoxy groups -OCH3 is 1. The van der Waals surface area contributed by atoms with Crippen LogP contribution in [0.3, 0.4) is 0 Å². The van der Waals surface area contributed by atoms with Gasteiger partial charge < -0.3 is 29.3 Å². The van der Waals surface area contributed by atoms with E-state index in [2.05, 4.69) is 6.07 Å². The molecule has 0 saturated heterocycles. The van der Waals surface area contributed by atoms with Crippen molar-refractivity contribution in [2.45, 2.75) is 19.8 Å². The van der Waals surface area contributed by atoms with Crippen LogP contribution in [0, 0.1) is 11.3 Å². The van der Waals surface area contributed by atoms with Crippen LogP contribution in [0.15, 0.2) is 63.1 Å². The van der Waals surface area contributed by atoms with Crippen molar-refractivity contribution in [3.8, 4) is 23.3 Å². The lowest BCUT2D eigenvalue weighted by Crippen LogP contribution is -2.34. The Labute approximate surface area is 201 Å². The average molecular weight is 476 g/mol. The van der Waals surface area contributed by atoms with Gasteiger partial charge >= 0.3 is 5.63 Å². The van der Waals surface area contributed by atoms with Crippen molar-refractivity contribution in [2.24, 2.45) is 5.73 Å². The summed E-state index contributed by atoms with van der Waals surface area (Å²) in [6.45, 7) is 4.81. The van der Waals surface area contributed by atoms with Crippen molar-refractivity contribution in [2.75, 3.05) is 26.8 Å². The van der Waals surface area contributed by atoms with Gasteiger partial charge in [0.25, 0.3) is 5.91 Å². The van der Waals surface area contributed by atoms with E-state index < -0.39 is 11.5 Å². The summed E-state index contributed by atoms with van der Waals surface area (Å²) in [5.74, 6) is -0.141. The molecule has 4 rings (SSSR count). The molecule has 9 nitrogen and oxygen atoms in total. The first-order chi connectivity index (χ1) is 16.9. The lowest BCUT2D eigenvalue weighted by molar-refractivity contribution is -0.132. The molecule has 0 spiro atoms. The average Bonchev–Trinajstić information content (AvgIpc) is 2.87. The molecule has 1 amide bonds. The Balaban J connectivity index is 1.78. The number of benzene rings is 2. The van der Waals surface area contributed by atoms with Crippen LogP contribution in [-0.2, 0) is 4.79 Å². The van der Waals surface area contributed by atoms with E-state index in [4.69, 9.17) is 24.4 Å². The zero-order valence-electron chi connectivity index (χ0n) is 19.7. The second-order valence-corrected chi connectivity index (χ2v) is 7.82. The molecule has 0 aliphatic carbocycles. The summed E-state index contributed by atoms with van der Waals surface area (Å²) in [5, 5.41) is 10.4. The molecule has 35 heavy (non-hydrogen) atoms. The van der Waals surface area contributed by atoms with Crippen LogP contribution in [-0.4, -0.2) is 37.6 Å². The highest BCUT2D eigenvalue weighted by molar-refractivity contribution is 5.86. The second-order valence-electron chi connectivity index (χ2n) is 7.82. The maximum absolute atomic E-state index is 13.0. The minimum Gasteiger partial charge on any atom is -0.493 e. The van der Waals surface area contributed by atoms with Gasteiger partial charge in [0, 0.05) is 13.1 Å². The molecule has 2 N–H and O–H groups in total. The van der Waals surface area contributed by atoms with Crippen LogP contribution < -0.4 is 25.6 Å². The highest BCUT2D eigenvalue weighted by atomic mass is 16.5. The van der Waals surface area contributed by atoms with Crippen LogP contribution in [0.4, 0.5) is 0 Å². The number of carbonyl (C=O) groups is 1. The maximum Gasteiger partial charge on any atom is 0.344 e. The highest BCUT2D eigenvalue weighted by Gasteiger charge is 2.36.